The molecule has 0 aliphatic rings. The number of hydrogen-bond donors (Lipinski definition) is 6. The molecule has 0 spiro atoms. The second kappa shape index (κ2) is 18.5. The molecule has 0 saturated carbocycles. The molecule has 0 saturated heterocycles. The van der Waals surface area contributed by atoms with Crippen LogP contribution in [0.5, 0.6) is 0 Å². The maximum atomic E-state index is 12.8. The molecule has 2 atom stereocenters. The van der Waals surface area contributed by atoms with Crippen LogP contribution in [0.15, 0.2) is 24.3 Å². The molecule has 40 heavy (non-hydrogen) atoms. The summed E-state index contributed by atoms with van der Waals surface area (Å²) in [7, 11) is 0. The summed E-state index contributed by atoms with van der Waals surface area (Å²) >= 11 is -2.65. The van der Waals surface area contributed by atoms with Gasteiger partial charge in [0.1, 0.15) is 0 Å². The fraction of sp³-hybridized carbons (Fsp3) is 0.607. The van der Waals surface area contributed by atoms with E-state index in [1.807, 2.05) is 0 Å². The van der Waals surface area contributed by atoms with Crippen molar-refractivity contribution in [3.05, 3.63) is 29.8 Å². The molecule has 12 heteroatoms. The summed E-state index contributed by atoms with van der Waals surface area (Å²) in [5, 5.41) is 34.1. The maximum absolute atomic E-state index is 12.8. The first kappa shape index (κ1) is 35.2. The minimum absolute atomic E-state index is 0.372. The van der Waals surface area contributed by atoms with E-state index in [9.17, 15) is 34.2 Å². The van der Waals surface area contributed by atoms with Crippen LogP contribution >= 0.6 is 0 Å². The molecule has 0 heterocycles. The topological polar surface area (TPSA) is 182 Å². The predicted octanol–water partition coefficient (Wildman–Crippen LogP) is 3.54. The fourth-order valence-electron chi connectivity index (χ4n) is 4.71. The molecule has 224 valence electrons. The molecule has 0 fully saturated rings. The average Bonchev–Trinajstić information content (AvgIpc) is 2.92. The van der Waals surface area contributed by atoms with Crippen LogP contribution in [-0.2, 0) is 14.4 Å². The molecule has 0 aliphatic carbocycles. The van der Waals surface area contributed by atoms with Crippen LogP contribution in [0.4, 0.5) is 4.79 Å². The summed E-state index contributed by atoms with van der Waals surface area (Å²) < 4.78 is 5.30. The second-order valence-corrected chi connectivity index (χ2v) is 23.4. The normalized spacial score (nSPS) is 12.7. The number of nitrogens with one attached hydrogen (secondary N) is 3. The van der Waals surface area contributed by atoms with Crippen molar-refractivity contribution in [3.8, 4) is 0 Å². The van der Waals surface area contributed by atoms with E-state index in [2.05, 4.69) is 48.9 Å². The van der Waals surface area contributed by atoms with E-state index in [0.29, 0.717) is 5.56 Å². The molecule has 0 aliphatic heterocycles. The number of carbonyl (C=O) groups excluding carboxylic acids is 2. The zero-order valence-corrected chi connectivity index (χ0v) is 26.7. The van der Waals surface area contributed by atoms with Crippen molar-refractivity contribution in [1.82, 2.24) is 16.0 Å². The molecule has 0 bridgehead atoms. The molecule has 0 radical (unpaired) electrons. The van der Waals surface area contributed by atoms with Gasteiger partial charge in [-0.1, -0.05) is 0 Å². The molecule has 11 nitrogen and oxygen atoms in total. The fourth-order valence-corrected chi connectivity index (χ4v) is 20.6. The summed E-state index contributed by atoms with van der Waals surface area (Å²) in [5.41, 5.74) is 0.388. The van der Waals surface area contributed by atoms with E-state index in [1.165, 1.54) is 36.2 Å². The first-order valence-electron chi connectivity index (χ1n) is 14.1. The van der Waals surface area contributed by atoms with Gasteiger partial charge in [-0.2, -0.15) is 0 Å². The molecular formula is C28H45N3O8Sn. The Balaban J connectivity index is 2.91. The third-order valence-electron chi connectivity index (χ3n) is 7.11. The van der Waals surface area contributed by atoms with Gasteiger partial charge in [-0.25, -0.2) is 4.79 Å². The van der Waals surface area contributed by atoms with Gasteiger partial charge in [0.05, 0.1) is 0 Å². The van der Waals surface area contributed by atoms with Crippen LogP contribution in [0, 0.1) is 0 Å². The third-order valence-corrected chi connectivity index (χ3v) is 22.8. The molecule has 3 amide bonds. The van der Waals surface area contributed by atoms with Gasteiger partial charge in [0, 0.05) is 6.42 Å². The predicted molar refractivity (Wildman–Crippen MR) is 155 cm³/mol. The van der Waals surface area contributed by atoms with Crippen LogP contribution in [0.25, 0.3) is 0 Å². The van der Waals surface area contributed by atoms with E-state index in [4.69, 9.17) is 5.11 Å². The third kappa shape index (κ3) is 12.1. The van der Waals surface area contributed by atoms with Gasteiger partial charge in [-0.05, 0) is 6.42 Å². The standard InChI is InChI=1S/C16H18N3O8.3C4H9.Sn/c20-12(21)7-6-10(14(23)24)18-16(27)19-11(15(25)26)8-17-13(22)9-4-2-1-3-5-9;3*1-3-4-2;/h2-5,10-11H,6-8H2,(H,17,22)(H,20,21)(H,23,24)(H,25,26)(H2,18,19,27);3*1,3-4H2,2H3;/t10-,11-;;;;/m1..../s1. The number of urea groups is 1. The SMILES string of the molecule is CCC[CH2][Sn]([CH2]CCC)([CH2]CCC)[c]1ccc(C(=O)NC[C@@H](NC(=O)N[C@H](CCC(=O)O)C(=O)O)C(=O)O)cc1. The average molecular weight is 670 g/mol. The molecule has 1 aromatic rings. The van der Waals surface area contributed by atoms with Crippen LogP contribution < -0.4 is 19.5 Å². The molecule has 6 N–H and O–H groups in total. The second-order valence-electron chi connectivity index (χ2n) is 10.2. The monoisotopic (exact) mass is 671 g/mol. The number of hydrogen-bond acceptors (Lipinski definition) is 5. The van der Waals surface area contributed by atoms with Crippen molar-refractivity contribution in [2.45, 2.75) is 97.5 Å². The first-order chi connectivity index (χ1) is 19.0. The Bertz CT molecular complexity index is 964. The molecule has 0 aromatic heterocycles. The van der Waals surface area contributed by atoms with Crippen LogP contribution in [-0.4, -0.2) is 82.2 Å². The van der Waals surface area contributed by atoms with E-state index < -0.39 is 73.3 Å². The van der Waals surface area contributed by atoms with Crippen molar-refractivity contribution in [1.29, 1.82) is 0 Å². The van der Waals surface area contributed by atoms with E-state index in [-0.39, 0.29) is 6.42 Å². The van der Waals surface area contributed by atoms with E-state index in [0.717, 1.165) is 19.3 Å². The number of carboxylic acids is 3. The Kier molecular flexibility index (Phi) is 16.3. The Morgan fingerprint density at radius 1 is 0.750 bits per heavy atom. The number of benzene rings is 1. The summed E-state index contributed by atoms with van der Waals surface area (Å²) in [6.07, 6.45) is 6.27. The number of unbranched alkanes of at least 4 members (excludes halogenated alkanes) is 3. The van der Waals surface area contributed by atoms with Gasteiger partial charge in [0.15, 0.2) is 0 Å². The Morgan fingerprint density at radius 3 is 1.65 bits per heavy atom. The Hall–Kier alpha value is -2.83. The summed E-state index contributed by atoms with van der Waals surface area (Å²) in [6.45, 7) is 6.23. The van der Waals surface area contributed by atoms with Crippen molar-refractivity contribution in [2.24, 2.45) is 0 Å². The van der Waals surface area contributed by atoms with Gasteiger partial charge in [0.25, 0.3) is 0 Å². The van der Waals surface area contributed by atoms with Gasteiger partial charge < -0.3 is 10.2 Å². The Morgan fingerprint density at radius 2 is 1.23 bits per heavy atom. The minimum atomic E-state index is -2.65. The first-order valence-corrected chi connectivity index (χ1v) is 21.6. The zero-order chi connectivity index (χ0) is 30.1. The van der Waals surface area contributed by atoms with Crippen molar-refractivity contribution < 1.29 is 39.3 Å². The summed E-state index contributed by atoms with van der Waals surface area (Å²) in [6, 6.07) is 3.59. The van der Waals surface area contributed by atoms with Crippen LogP contribution in [0.3, 0.4) is 0 Å². The summed E-state index contributed by atoms with van der Waals surface area (Å²) in [5.74, 6) is -4.59. The number of rotatable bonds is 20. The van der Waals surface area contributed by atoms with Gasteiger partial charge >= 0.3 is 208 Å². The van der Waals surface area contributed by atoms with Gasteiger partial charge in [-0.3, -0.25) is 4.79 Å². The van der Waals surface area contributed by atoms with Crippen LogP contribution in [0.1, 0.15) is 82.5 Å². The van der Waals surface area contributed by atoms with Crippen molar-refractivity contribution in [2.75, 3.05) is 6.54 Å². The number of carboxylic acid groups (broad SMARTS) is 3. The van der Waals surface area contributed by atoms with Gasteiger partial charge in [0.2, 0.25) is 0 Å². The van der Waals surface area contributed by atoms with Crippen LogP contribution in [0.2, 0.25) is 13.3 Å². The van der Waals surface area contributed by atoms with Gasteiger partial charge in [-0.15, -0.1) is 0 Å². The quantitative estimate of drug-likeness (QED) is 0.114. The number of aliphatic carboxylic acids is 3. The van der Waals surface area contributed by atoms with Crippen molar-refractivity contribution >= 4 is 51.8 Å². The number of carbonyl (C=O) groups is 5. The van der Waals surface area contributed by atoms with Crippen molar-refractivity contribution in [3.63, 3.8) is 0 Å². The molecule has 1 rings (SSSR count). The summed E-state index contributed by atoms with van der Waals surface area (Å²) in [4.78, 5) is 58.6. The van der Waals surface area contributed by atoms with E-state index in [1.54, 1.807) is 12.1 Å². The Labute approximate surface area is 240 Å². The molecular weight excluding hydrogens is 625 g/mol. The van der Waals surface area contributed by atoms with E-state index >= 15 is 0 Å². The number of amides is 3. The zero-order valence-electron chi connectivity index (χ0n) is 23.8. The molecule has 1 aromatic carbocycles. The molecule has 0 unspecified atom stereocenters.